The third-order valence-electron chi connectivity index (χ3n) is 5.41. The normalized spacial score (nSPS) is 25.5. The van der Waals surface area contributed by atoms with Crippen LogP contribution in [-0.2, 0) is 11.3 Å². The Bertz CT molecular complexity index is 677. The van der Waals surface area contributed by atoms with E-state index in [0.717, 1.165) is 39.0 Å². The fourth-order valence-electron chi connectivity index (χ4n) is 4.35. The first-order valence-electron chi connectivity index (χ1n) is 8.68. The Morgan fingerprint density at radius 1 is 1.26 bits per heavy atom. The number of fused-ring (bicyclic) bond motifs is 2. The number of carbonyl (C=O) groups excluding carboxylic acids is 1. The van der Waals surface area contributed by atoms with Crippen molar-refractivity contribution in [1.29, 1.82) is 0 Å². The maximum Gasteiger partial charge on any atom is 0.219 e. The first kappa shape index (κ1) is 15.2. The molecule has 3 heterocycles. The average molecular weight is 328 g/mol. The van der Waals surface area contributed by atoms with Crippen molar-refractivity contribution in [3.05, 3.63) is 35.2 Å². The van der Waals surface area contributed by atoms with Gasteiger partial charge in [-0.05, 0) is 42.7 Å². The Morgan fingerprint density at radius 3 is 2.96 bits per heavy atom. The molecule has 23 heavy (non-hydrogen) atoms. The quantitative estimate of drug-likeness (QED) is 0.838. The van der Waals surface area contributed by atoms with E-state index in [4.69, 9.17) is 0 Å². The lowest BCUT2D eigenvalue weighted by atomic mass is 9.84. The molecule has 0 bridgehead atoms. The maximum atomic E-state index is 11.8. The van der Waals surface area contributed by atoms with Crippen molar-refractivity contribution in [1.82, 2.24) is 9.80 Å². The summed E-state index contributed by atoms with van der Waals surface area (Å²) in [6, 6.07) is 11.5. The van der Waals surface area contributed by atoms with Crippen LogP contribution in [0, 0.1) is 5.92 Å². The minimum atomic E-state index is 0.262. The third-order valence-corrected chi connectivity index (χ3v) is 6.51. The van der Waals surface area contributed by atoms with Gasteiger partial charge in [0, 0.05) is 48.7 Å². The van der Waals surface area contributed by atoms with E-state index in [1.165, 1.54) is 21.4 Å². The van der Waals surface area contributed by atoms with Crippen LogP contribution in [0.2, 0.25) is 0 Å². The molecule has 0 unspecified atom stereocenters. The molecule has 2 aromatic rings. The van der Waals surface area contributed by atoms with Crippen molar-refractivity contribution in [2.24, 2.45) is 5.92 Å². The van der Waals surface area contributed by atoms with Crippen LogP contribution < -0.4 is 0 Å². The van der Waals surface area contributed by atoms with Crippen molar-refractivity contribution >= 4 is 27.3 Å². The van der Waals surface area contributed by atoms with Gasteiger partial charge in [0.05, 0.1) is 0 Å². The van der Waals surface area contributed by atoms with Crippen LogP contribution in [0.1, 0.15) is 31.1 Å². The van der Waals surface area contributed by atoms with Crippen LogP contribution in [0.15, 0.2) is 30.3 Å². The van der Waals surface area contributed by atoms with Crippen molar-refractivity contribution < 1.29 is 4.79 Å². The second-order valence-corrected chi connectivity index (χ2v) is 8.12. The molecular weight excluding hydrogens is 304 g/mol. The van der Waals surface area contributed by atoms with Gasteiger partial charge >= 0.3 is 0 Å². The van der Waals surface area contributed by atoms with Crippen LogP contribution in [0.3, 0.4) is 0 Å². The third kappa shape index (κ3) is 3.02. The second kappa shape index (κ2) is 6.25. The van der Waals surface area contributed by atoms with Gasteiger partial charge in [0.25, 0.3) is 0 Å². The molecule has 122 valence electrons. The number of thiophene rings is 1. The zero-order valence-electron chi connectivity index (χ0n) is 13.7. The molecule has 0 aliphatic carbocycles. The van der Waals surface area contributed by atoms with Gasteiger partial charge in [-0.15, -0.1) is 11.3 Å². The van der Waals surface area contributed by atoms with E-state index in [1.807, 2.05) is 11.3 Å². The number of hydrogen-bond donors (Lipinski definition) is 0. The topological polar surface area (TPSA) is 23.6 Å². The van der Waals surface area contributed by atoms with Crippen LogP contribution in [-0.4, -0.2) is 41.4 Å². The second-order valence-electron chi connectivity index (χ2n) is 6.96. The SMILES string of the molecule is CC(=O)N1CCC[C@@H]2CN(Cc3cc4ccccc4s3)CC[C@@H]21. The average Bonchev–Trinajstić information content (AvgIpc) is 2.96. The van der Waals surface area contributed by atoms with E-state index in [9.17, 15) is 4.79 Å². The molecule has 2 fully saturated rings. The molecule has 2 atom stereocenters. The molecule has 0 spiro atoms. The molecule has 2 aliphatic rings. The maximum absolute atomic E-state index is 11.8. The number of nitrogens with zero attached hydrogens (tertiary/aromatic N) is 2. The molecule has 0 radical (unpaired) electrons. The monoisotopic (exact) mass is 328 g/mol. The predicted molar refractivity (Wildman–Crippen MR) is 95.6 cm³/mol. The van der Waals surface area contributed by atoms with Gasteiger partial charge in [-0.2, -0.15) is 0 Å². The van der Waals surface area contributed by atoms with E-state index in [0.29, 0.717) is 12.0 Å². The highest BCUT2D eigenvalue weighted by atomic mass is 32.1. The first-order valence-corrected chi connectivity index (χ1v) is 9.49. The summed E-state index contributed by atoms with van der Waals surface area (Å²) in [6.45, 7) is 6.00. The lowest BCUT2D eigenvalue weighted by Crippen LogP contribution is -2.55. The number of likely N-dealkylation sites (tertiary alicyclic amines) is 2. The number of rotatable bonds is 2. The first-order chi connectivity index (χ1) is 11.2. The largest absolute Gasteiger partial charge is 0.340 e. The van der Waals surface area contributed by atoms with Gasteiger partial charge in [0.2, 0.25) is 5.91 Å². The molecule has 2 aliphatic heterocycles. The smallest absolute Gasteiger partial charge is 0.219 e. The summed E-state index contributed by atoms with van der Waals surface area (Å²) in [5.41, 5.74) is 0. The molecule has 0 N–H and O–H groups in total. The Labute approximate surface area is 141 Å². The molecule has 3 nitrogen and oxygen atoms in total. The molecule has 4 rings (SSSR count). The van der Waals surface area contributed by atoms with Crippen molar-refractivity contribution in [2.45, 2.75) is 38.8 Å². The highest BCUT2D eigenvalue weighted by Crippen LogP contribution is 2.33. The molecule has 1 amide bonds. The van der Waals surface area contributed by atoms with Crippen LogP contribution in [0.5, 0.6) is 0 Å². The number of benzene rings is 1. The Hall–Kier alpha value is -1.39. The number of amides is 1. The van der Waals surface area contributed by atoms with Crippen molar-refractivity contribution in [2.75, 3.05) is 19.6 Å². The van der Waals surface area contributed by atoms with Crippen molar-refractivity contribution in [3.8, 4) is 0 Å². The number of carbonyl (C=O) groups is 1. The number of hydrogen-bond acceptors (Lipinski definition) is 3. The van der Waals surface area contributed by atoms with E-state index >= 15 is 0 Å². The van der Waals surface area contributed by atoms with Gasteiger partial charge in [-0.1, -0.05) is 18.2 Å². The van der Waals surface area contributed by atoms with Gasteiger partial charge in [0.1, 0.15) is 0 Å². The van der Waals surface area contributed by atoms with Crippen LogP contribution >= 0.6 is 11.3 Å². The van der Waals surface area contributed by atoms with E-state index in [1.54, 1.807) is 6.92 Å². The molecule has 0 saturated carbocycles. The zero-order valence-corrected chi connectivity index (χ0v) is 14.5. The molecule has 4 heteroatoms. The van der Waals surface area contributed by atoms with Gasteiger partial charge in [-0.25, -0.2) is 0 Å². The van der Waals surface area contributed by atoms with Crippen LogP contribution in [0.25, 0.3) is 10.1 Å². The van der Waals surface area contributed by atoms with Gasteiger partial charge in [0.15, 0.2) is 0 Å². The van der Waals surface area contributed by atoms with E-state index in [2.05, 4.69) is 40.1 Å². The summed E-state index contributed by atoms with van der Waals surface area (Å²) in [5, 5.41) is 1.36. The molecule has 1 aromatic carbocycles. The summed E-state index contributed by atoms with van der Waals surface area (Å²) < 4.78 is 1.39. The number of piperidine rings is 2. The summed E-state index contributed by atoms with van der Waals surface area (Å²) in [4.78, 5) is 18.0. The highest BCUT2D eigenvalue weighted by molar-refractivity contribution is 7.19. The van der Waals surface area contributed by atoms with Crippen LogP contribution in [0.4, 0.5) is 0 Å². The summed E-state index contributed by atoms with van der Waals surface area (Å²) in [5.74, 6) is 0.924. The minimum absolute atomic E-state index is 0.262. The fourth-order valence-corrected chi connectivity index (χ4v) is 5.46. The van der Waals surface area contributed by atoms with Gasteiger partial charge < -0.3 is 4.90 Å². The Morgan fingerprint density at radius 2 is 2.13 bits per heavy atom. The van der Waals surface area contributed by atoms with E-state index < -0.39 is 0 Å². The molecular formula is C19H24N2OS. The highest BCUT2D eigenvalue weighted by Gasteiger charge is 2.36. The standard InChI is InChI=1S/C19H24N2OS/c1-14(22)21-9-4-6-16-12-20(10-8-18(16)21)13-17-11-15-5-2-3-7-19(15)23-17/h2-3,5,7,11,16,18H,4,6,8-10,12-13H2,1H3/t16-,18+/m1/s1. The fraction of sp³-hybridized carbons (Fsp3) is 0.526. The molecule has 2 saturated heterocycles. The van der Waals surface area contributed by atoms with Crippen molar-refractivity contribution in [3.63, 3.8) is 0 Å². The zero-order chi connectivity index (χ0) is 15.8. The van der Waals surface area contributed by atoms with Gasteiger partial charge in [-0.3, -0.25) is 9.69 Å². The lowest BCUT2D eigenvalue weighted by molar-refractivity contribution is -0.136. The Balaban J connectivity index is 1.44. The summed E-state index contributed by atoms with van der Waals surface area (Å²) >= 11 is 1.92. The molecule has 1 aromatic heterocycles. The summed E-state index contributed by atoms with van der Waals surface area (Å²) in [7, 11) is 0. The minimum Gasteiger partial charge on any atom is -0.340 e. The Kier molecular flexibility index (Phi) is 4.12. The predicted octanol–water partition coefficient (Wildman–Crippen LogP) is 3.73. The lowest BCUT2D eigenvalue weighted by Gasteiger charge is -2.47. The summed E-state index contributed by atoms with van der Waals surface area (Å²) in [6.07, 6.45) is 3.57. The van der Waals surface area contributed by atoms with E-state index in [-0.39, 0.29) is 5.91 Å².